The minimum absolute atomic E-state index is 0.0492. The van der Waals surface area contributed by atoms with E-state index in [0.29, 0.717) is 12.2 Å². The van der Waals surface area contributed by atoms with Gasteiger partial charge in [0.2, 0.25) is 0 Å². The highest BCUT2D eigenvalue weighted by Crippen LogP contribution is 2.34. The third-order valence-corrected chi connectivity index (χ3v) is 4.96. The molecule has 0 atom stereocenters. The summed E-state index contributed by atoms with van der Waals surface area (Å²) < 4.78 is 1.54. The molecule has 0 bridgehead atoms. The van der Waals surface area contributed by atoms with Crippen LogP contribution in [-0.2, 0) is 30.6 Å². The van der Waals surface area contributed by atoms with Gasteiger partial charge in [-0.1, -0.05) is 6.92 Å². The molecule has 0 aromatic carbocycles. The van der Waals surface area contributed by atoms with Gasteiger partial charge in [0.05, 0.1) is 11.8 Å². The molecule has 3 rings (SSSR count). The molecule has 5 nitrogen and oxygen atoms in total. The number of hydrogen-bond acceptors (Lipinski definition) is 4. The highest BCUT2D eigenvalue weighted by Gasteiger charge is 2.22. The van der Waals surface area contributed by atoms with E-state index < -0.39 is 5.97 Å². The minimum Gasteiger partial charge on any atom is -0.481 e. The van der Waals surface area contributed by atoms with E-state index in [1.165, 1.54) is 4.88 Å². The van der Waals surface area contributed by atoms with Crippen molar-refractivity contribution in [2.24, 2.45) is 0 Å². The fraction of sp³-hybridized carbons (Fsp3) is 0.500. The zero-order valence-corrected chi connectivity index (χ0v) is 12.1. The number of aryl methyl sites for hydroxylation is 3. The highest BCUT2D eigenvalue weighted by molar-refractivity contribution is 7.18. The van der Waals surface area contributed by atoms with Gasteiger partial charge in [-0.2, -0.15) is 0 Å². The predicted octanol–water partition coefficient (Wildman–Crippen LogP) is 1.98. The van der Waals surface area contributed by atoms with Gasteiger partial charge in [-0.05, 0) is 24.8 Å². The summed E-state index contributed by atoms with van der Waals surface area (Å²) in [4.78, 5) is 30.1. The Balaban J connectivity index is 2.19. The lowest BCUT2D eigenvalue weighted by atomic mass is 10.2. The van der Waals surface area contributed by atoms with Crippen molar-refractivity contribution in [3.8, 4) is 0 Å². The Bertz CT molecular complexity index is 745. The van der Waals surface area contributed by atoms with Crippen LogP contribution < -0.4 is 5.56 Å². The maximum absolute atomic E-state index is 12.7. The van der Waals surface area contributed by atoms with Gasteiger partial charge in [0, 0.05) is 17.8 Å². The molecule has 0 fully saturated rings. The van der Waals surface area contributed by atoms with Crippen molar-refractivity contribution in [1.82, 2.24) is 9.55 Å². The SMILES string of the molecule is CCc1nc2sc3c(c2c(=O)n1CCC(=O)O)CCC3. The average molecular weight is 292 g/mol. The molecule has 6 heteroatoms. The van der Waals surface area contributed by atoms with Crippen molar-refractivity contribution in [3.63, 3.8) is 0 Å². The van der Waals surface area contributed by atoms with Gasteiger partial charge in [0.1, 0.15) is 10.7 Å². The number of aliphatic carboxylic acids is 1. The summed E-state index contributed by atoms with van der Waals surface area (Å²) in [6, 6.07) is 0. The van der Waals surface area contributed by atoms with Crippen molar-refractivity contribution in [2.45, 2.75) is 45.6 Å². The van der Waals surface area contributed by atoms with E-state index in [-0.39, 0.29) is 18.5 Å². The number of carboxylic acids is 1. The van der Waals surface area contributed by atoms with Crippen molar-refractivity contribution >= 4 is 27.5 Å². The highest BCUT2D eigenvalue weighted by atomic mass is 32.1. The van der Waals surface area contributed by atoms with E-state index in [1.807, 2.05) is 6.92 Å². The number of rotatable bonds is 4. The van der Waals surface area contributed by atoms with Gasteiger partial charge < -0.3 is 5.11 Å². The van der Waals surface area contributed by atoms with Gasteiger partial charge in [-0.3, -0.25) is 14.2 Å². The first-order chi connectivity index (χ1) is 9.61. The zero-order valence-electron chi connectivity index (χ0n) is 11.3. The largest absolute Gasteiger partial charge is 0.481 e. The maximum atomic E-state index is 12.7. The quantitative estimate of drug-likeness (QED) is 0.935. The van der Waals surface area contributed by atoms with Crippen molar-refractivity contribution < 1.29 is 9.90 Å². The van der Waals surface area contributed by atoms with E-state index in [9.17, 15) is 9.59 Å². The molecule has 0 unspecified atom stereocenters. The molecule has 1 aliphatic rings. The number of nitrogens with zero attached hydrogens (tertiary/aromatic N) is 2. The van der Waals surface area contributed by atoms with Crippen LogP contribution in [0.4, 0.5) is 0 Å². The van der Waals surface area contributed by atoms with Crippen LogP contribution in [0.25, 0.3) is 10.2 Å². The molecular formula is C14H16N2O3S. The van der Waals surface area contributed by atoms with E-state index in [2.05, 4.69) is 4.98 Å². The van der Waals surface area contributed by atoms with Gasteiger partial charge in [-0.15, -0.1) is 11.3 Å². The Morgan fingerprint density at radius 2 is 2.25 bits per heavy atom. The summed E-state index contributed by atoms with van der Waals surface area (Å²) in [5.74, 6) is -0.210. The molecule has 0 saturated carbocycles. The van der Waals surface area contributed by atoms with Crippen molar-refractivity contribution in [1.29, 1.82) is 0 Å². The third-order valence-electron chi connectivity index (χ3n) is 3.77. The van der Waals surface area contributed by atoms with E-state index in [0.717, 1.165) is 35.0 Å². The van der Waals surface area contributed by atoms with E-state index in [1.54, 1.807) is 15.9 Å². The Labute approximate surface area is 119 Å². The Hall–Kier alpha value is -1.69. The Morgan fingerprint density at radius 3 is 2.95 bits per heavy atom. The molecule has 2 aromatic heterocycles. The van der Waals surface area contributed by atoms with Crippen molar-refractivity contribution in [3.05, 3.63) is 26.6 Å². The number of thiophene rings is 1. The van der Waals surface area contributed by atoms with Crippen LogP contribution in [0.2, 0.25) is 0 Å². The lowest BCUT2D eigenvalue weighted by molar-refractivity contribution is -0.137. The van der Waals surface area contributed by atoms with Gasteiger partial charge in [-0.25, -0.2) is 4.98 Å². The molecule has 0 radical (unpaired) electrons. The topological polar surface area (TPSA) is 72.2 Å². The summed E-state index contributed by atoms with van der Waals surface area (Å²) >= 11 is 1.62. The standard InChI is InChI=1S/C14H16N2O3S/c1-2-10-15-13-12(8-4-3-5-9(8)20-13)14(19)16(10)7-6-11(17)18/h2-7H2,1H3,(H,17,18). The first kappa shape index (κ1) is 13.3. The fourth-order valence-electron chi connectivity index (χ4n) is 2.83. The second kappa shape index (κ2) is 5.01. The molecular weight excluding hydrogens is 276 g/mol. The van der Waals surface area contributed by atoms with Crippen LogP contribution in [0, 0.1) is 0 Å². The van der Waals surface area contributed by atoms with E-state index >= 15 is 0 Å². The van der Waals surface area contributed by atoms with Crippen LogP contribution in [0.1, 0.15) is 36.0 Å². The molecule has 1 N–H and O–H groups in total. The number of hydrogen-bond donors (Lipinski definition) is 1. The number of fused-ring (bicyclic) bond motifs is 3. The molecule has 0 aliphatic heterocycles. The van der Waals surface area contributed by atoms with Crippen LogP contribution >= 0.6 is 11.3 Å². The Kier molecular flexibility index (Phi) is 3.33. The van der Waals surface area contributed by atoms with Crippen LogP contribution in [-0.4, -0.2) is 20.6 Å². The fourth-order valence-corrected chi connectivity index (χ4v) is 4.10. The minimum atomic E-state index is -0.894. The Morgan fingerprint density at radius 1 is 1.45 bits per heavy atom. The lowest BCUT2D eigenvalue weighted by Gasteiger charge is -2.10. The lowest BCUT2D eigenvalue weighted by Crippen LogP contribution is -2.26. The molecule has 1 aliphatic carbocycles. The summed E-state index contributed by atoms with van der Waals surface area (Å²) in [6.07, 6.45) is 3.66. The first-order valence-corrected chi connectivity index (χ1v) is 7.69. The van der Waals surface area contributed by atoms with Crippen molar-refractivity contribution in [2.75, 3.05) is 0 Å². The third kappa shape index (κ3) is 2.04. The second-order valence-electron chi connectivity index (χ2n) is 5.02. The van der Waals surface area contributed by atoms with Gasteiger partial charge in [0.15, 0.2) is 0 Å². The number of carboxylic acid groups (broad SMARTS) is 1. The average Bonchev–Trinajstić information content (AvgIpc) is 2.96. The summed E-state index contributed by atoms with van der Waals surface area (Å²) in [6.45, 7) is 2.14. The molecule has 2 aromatic rings. The summed E-state index contributed by atoms with van der Waals surface area (Å²) in [5, 5.41) is 9.55. The summed E-state index contributed by atoms with van der Waals surface area (Å²) in [7, 11) is 0. The number of aromatic nitrogens is 2. The molecule has 106 valence electrons. The van der Waals surface area contributed by atoms with Crippen LogP contribution in [0.3, 0.4) is 0 Å². The first-order valence-electron chi connectivity index (χ1n) is 6.87. The number of carbonyl (C=O) groups is 1. The molecule has 20 heavy (non-hydrogen) atoms. The smallest absolute Gasteiger partial charge is 0.305 e. The molecule has 0 saturated heterocycles. The second-order valence-corrected chi connectivity index (χ2v) is 6.10. The van der Waals surface area contributed by atoms with Gasteiger partial charge >= 0.3 is 5.97 Å². The zero-order chi connectivity index (χ0) is 14.3. The van der Waals surface area contributed by atoms with Crippen LogP contribution in [0.5, 0.6) is 0 Å². The maximum Gasteiger partial charge on any atom is 0.305 e. The monoisotopic (exact) mass is 292 g/mol. The molecule has 0 spiro atoms. The normalized spacial score (nSPS) is 13.8. The van der Waals surface area contributed by atoms with Gasteiger partial charge in [0.25, 0.3) is 5.56 Å². The van der Waals surface area contributed by atoms with Crippen LogP contribution in [0.15, 0.2) is 4.79 Å². The molecule has 2 heterocycles. The molecule has 0 amide bonds. The predicted molar refractivity (Wildman–Crippen MR) is 77.5 cm³/mol. The van der Waals surface area contributed by atoms with E-state index in [4.69, 9.17) is 5.11 Å². The summed E-state index contributed by atoms with van der Waals surface area (Å²) in [5.41, 5.74) is 1.08.